The maximum Gasteiger partial charge on any atom is 0.338 e. The molecule has 42 heavy (non-hydrogen) atoms. The summed E-state index contributed by atoms with van der Waals surface area (Å²) in [6, 6.07) is 6.23. The number of rotatable bonds is 3. The molecular weight excluding hydrogens is 524 g/mol. The summed E-state index contributed by atoms with van der Waals surface area (Å²) >= 11 is 0. The number of esters is 1. The molecule has 232 valence electrons. The Balaban J connectivity index is 1.27. The lowest BCUT2D eigenvalue weighted by atomic mass is 9.42. The van der Waals surface area contributed by atoms with Crippen LogP contribution in [0.4, 0.5) is 0 Å². The molecule has 5 nitrogen and oxygen atoms in total. The van der Waals surface area contributed by atoms with E-state index < -0.39 is 5.41 Å². The molecule has 5 aliphatic rings. The Kier molecular flexibility index (Phi) is 7.25. The van der Waals surface area contributed by atoms with Gasteiger partial charge in [0.1, 0.15) is 11.9 Å². The molecule has 0 heterocycles. The molecule has 4 fully saturated rings. The highest BCUT2D eigenvalue weighted by Crippen LogP contribution is 2.70. The van der Waals surface area contributed by atoms with Gasteiger partial charge < -0.3 is 20.1 Å². The molecule has 3 N–H and O–H groups in total. The maximum atomic E-state index is 13.1. The van der Waals surface area contributed by atoms with Crippen LogP contribution in [0.1, 0.15) is 116 Å². The Labute approximate surface area is 253 Å². The van der Waals surface area contributed by atoms with Gasteiger partial charge >= 0.3 is 5.97 Å². The number of hydrogen-bond donors (Lipinski definition) is 3. The first kappa shape index (κ1) is 30.2. The molecule has 5 heteroatoms. The van der Waals surface area contributed by atoms with Crippen LogP contribution >= 0.6 is 0 Å². The lowest BCUT2D eigenvalue weighted by molar-refractivity contribution is -0.190. The van der Waals surface area contributed by atoms with E-state index in [1.807, 2.05) is 0 Å². The van der Waals surface area contributed by atoms with Crippen LogP contribution in [0.15, 0.2) is 35.9 Å². The molecule has 0 aromatic heterocycles. The van der Waals surface area contributed by atoms with Gasteiger partial charge in [0, 0.05) is 5.41 Å². The zero-order valence-electron chi connectivity index (χ0n) is 26.8. The van der Waals surface area contributed by atoms with Crippen molar-refractivity contribution >= 4 is 5.97 Å². The molecule has 1 aromatic carbocycles. The van der Waals surface area contributed by atoms with Crippen LogP contribution in [0.2, 0.25) is 0 Å². The van der Waals surface area contributed by atoms with Crippen molar-refractivity contribution in [1.82, 2.24) is 0 Å². The van der Waals surface area contributed by atoms with E-state index in [2.05, 4.69) is 47.6 Å². The lowest BCUT2D eigenvalue weighted by Gasteiger charge is -2.64. The fourth-order valence-corrected chi connectivity index (χ4v) is 11.9. The quantitative estimate of drug-likeness (QED) is 0.253. The number of phenolic OH excluding ortho intramolecular Hbond substituents is 1. The predicted octanol–water partition coefficient (Wildman–Crippen LogP) is 7.68. The van der Waals surface area contributed by atoms with Gasteiger partial charge in [0.05, 0.1) is 18.3 Å². The standard InChI is InChI=1S/C37H54O5/c1-33(2)27-13-9-24-21-34(3)18-15-29-36(5,28(34)14-12-26(24)35(27,4)19-16-30(33)40)20-17-31(37(29,6)22-38)42-32(41)23-7-10-25(39)11-8-23/h7-11,26-31,38-40H,12-22H2,1-6H3. The number of carbonyl (C=O) groups excluding carboxylic acids is 1. The summed E-state index contributed by atoms with van der Waals surface area (Å²) in [7, 11) is 0. The molecule has 0 bridgehead atoms. The molecule has 0 spiro atoms. The van der Waals surface area contributed by atoms with Crippen molar-refractivity contribution in [3.8, 4) is 5.75 Å². The molecule has 10 unspecified atom stereocenters. The number of carbonyl (C=O) groups is 1. The number of aliphatic hydroxyl groups excluding tert-OH is 2. The van der Waals surface area contributed by atoms with Gasteiger partial charge in [-0.25, -0.2) is 4.79 Å². The largest absolute Gasteiger partial charge is 0.508 e. The van der Waals surface area contributed by atoms with Gasteiger partial charge in [0.25, 0.3) is 0 Å². The van der Waals surface area contributed by atoms with Crippen LogP contribution in [0, 0.1) is 50.7 Å². The second-order valence-corrected chi connectivity index (χ2v) is 16.7. The van der Waals surface area contributed by atoms with E-state index in [0.717, 1.165) is 44.9 Å². The van der Waals surface area contributed by atoms with Crippen LogP contribution in [0.5, 0.6) is 5.75 Å². The average Bonchev–Trinajstić information content (AvgIpc) is 3.10. The van der Waals surface area contributed by atoms with Gasteiger partial charge in [-0.15, -0.1) is 0 Å². The zero-order chi connectivity index (χ0) is 30.3. The average molecular weight is 579 g/mol. The number of aliphatic hydroxyl groups is 2. The Bertz CT molecular complexity index is 1240. The molecule has 0 amide bonds. The van der Waals surface area contributed by atoms with Crippen molar-refractivity contribution in [3.05, 3.63) is 41.5 Å². The van der Waals surface area contributed by atoms with Crippen LogP contribution < -0.4 is 0 Å². The highest BCUT2D eigenvalue weighted by molar-refractivity contribution is 5.89. The van der Waals surface area contributed by atoms with Crippen LogP contribution in [0.3, 0.4) is 0 Å². The minimum Gasteiger partial charge on any atom is -0.508 e. The van der Waals surface area contributed by atoms with Gasteiger partial charge in [-0.1, -0.05) is 53.2 Å². The summed E-state index contributed by atoms with van der Waals surface area (Å²) in [6.45, 7) is 14.4. The summed E-state index contributed by atoms with van der Waals surface area (Å²) in [4.78, 5) is 13.1. The van der Waals surface area contributed by atoms with E-state index in [9.17, 15) is 20.1 Å². The summed E-state index contributed by atoms with van der Waals surface area (Å²) < 4.78 is 6.17. The highest BCUT2D eigenvalue weighted by atomic mass is 16.5. The van der Waals surface area contributed by atoms with Crippen molar-refractivity contribution in [2.45, 2.75) is 118 Å². The summed E-state index contributed by atoms with van der Waals surface area (Å²) in [5, 5.41) is 31.6. The van der Waals surface area contributed by atoms with E-state index in [1.165, 1.54) is 31.4 Å². The first-order valence-corrected chi connectivity index (χ1v) is 16.7. The number of fused-ring (bicyclic) bond motifs is 6. The highest BCUT2D eigenvalue weighted by Gasteiger charge is 2.64. The second kappa shape index (κ2) is 10.1. The fraction of sp³-hybridized carbons (Fsp3) is 0.757. The van der Waals surface area contributed by atoms with Crippen LogP contribution in [-0.4, -0.2) is 40.1 Å². The molecule has 0 saturated heterocycles. The topological polar surface area (TPSA) is 87.0 Å². The van der Waals surface area contributed by atoms with Gasteiger partial charge in [-0.05, 0) is 134 Å². The van der Waals surface area contributed by atoms with E-state index in [0.29, 0.717) is 23.3 Å². The Morgan fingerprint density at radius 2 is 1.55 bits per heavy atom. The molecule has 5 aliphatic carbocycles. The molecular formula is C37H54O5. The van der Waals surface area contributed by atoms with Crippen LogP contribution in [-0.2, 0) is 4.74 Å². The van der Waals surface area contributed by atoms with Crippen molar-refractivity contribution in [3.63, 3.8) is 0 Å². The smallest absolute Gasteiger partial charge is 0.338 e. The summed E-state index contributed by atoms with van der Waals surface area (Å²) in [5.41, 5.74) is 2.09. The SMILES string of the molecule is CC12CCC3C(C)(CO)C(OC(=O)c4ccc(O)cc4)CCC3(C)C1CCC1C(=CCC3C(C)(C)C(O)CCC13C)C2. The summed E-state index contributed by atoms with van der Waals surface area (Å²) in [5.74, 6) is 1.67. The maximum absolute atomic E-state index is 13.1. The first-order valence-electron chi connectivity index (χ1n) is 16.7. The van der Waals surface area contributed by atoms with E-state index in [-0.39, 0.29) is 58.1 Å². The fourth-order valence-electron chi connectivity index (χ4n) is 11.9. The Hall–Kier alpha value is -1.85. The predicted molar refractivity (Wildman–Crippen MR) is 165 cm³/mol. The van der Waals surface area contributed by atoms with Gasteiger partial charge in [0.15, 0.2) is 0 Å². The molecule has 0 radical (unpaired) electrons. The third-order valence-electron chi connectivity index (χ3n) is 14.3. The third-order valence-corrected chi connectivity index (χ3v) is 14.3. The minimum absolute atomic E-state index is 0.00908. The third kappa shape index (κ3) is 4.34. The number of allylic oxidation sites excluding steroid dienone is 2. The minimum atomic E-state index is -0.500. The van der Waals surface area contributed by atoms with Crippen LogP contribution in [0.25, 0.3) is 0 Å². The van der Waals surface area contributed by atoms with Gasteiger partial charge in [-0.2, -0.15) is 0 Å². The molecule has 1 aromatic rings. The lowest BCUT2D eigenvalue weighted by Crippen LogP contribution is -2.61. The number of hydrogen-bond acceptors (Lipinski definition) is 5. The van der Waals surface area contributed by atoms with E-state index >= 15 is 0 Å². The summed E-state index contributed by atoms with van der Waals surface area (Å²) in [6.07, 6.45) is 12.7. The number of phenols is 1. The molecule has 6 rings (SSSR count). The number of ether oxygens (including phenoxy) is 1. The van der Waals surface area contributed by atoms with Crippen molar-refractivity contribution in [2.75, 3.05) is 6.61 Å². The van der Waals surface area contributed by atoms with E-state index in [4.69, 9.17) is 4.74 Å². The first-order chi connectivity index (χ1) is 19.7. The van der Waals surface area contributed by atoms with Gasteiger partial charge in [-0.3, -0.25) is 0 Å². The number of benzene rings is 1. The number of aromatic hydroxyl groups is 1. The zero-order valence-corrected chi connectivity index (χ0v) is 26.8. The monoisotopic (exact) mass is 578 g/mol. The molecule has 0 aliphatic heterocycles. The van der Waals surface area contributed by atoms with Crippen molar-refractivity contribution in [1.29, 1.82) is 0 Å². The molecule has 10 atom stereocenters. The van der Waals surface area contributed by atoms with E-state index in [1.54, 1.807) is 17.7 Å². The Morgan fingerprint density at radius 1 is 0.857 bits per heavy atom. The van der Waals surface area contributed by atoms with Gasteiger partial charge in [0.2, 0.25) is 0 Å². The Morgan fingerprint density at radius 3 is 2.24 bits per heavy atom. The second-order valence-electron chi connectivity index (χ2n) is 16.7. The van der Waals surface area contributed by atoms with Crippen molar-refractivity contribution < 1.29 is 24.9 Å². The normalized spacial score (nSPS) is 46.1. The van der Waals surface area contributed by atoms with Crippen molar-refractivity contribution in [2.24, 2.45) is 50.7 Å². The molecule has 4 saturated carbocycles.